The summed E-state index contributed by atoms with van der Waals surface area (Å²) in [5.74, 6) is 0.481. The number of aryl methyl sites for hydroxylation is 1. The molecular formula is C31H30N4O3. The highest BCUT2D eigenvalue weighted by Crippen LogP contribution is 2.29. The fourth-order valence-corrected chi connectivity index (χ4v) is 5.18. The van der Waals surface area contributed by atoms with Gasteiger partial charge >= 0.3 is 5.69 Å². The number of piperidine rings is 1. The van der Waals surface area contributed by atoms with Crippen LogP contribution in [0.25, 0.3) is 16.7 Å². The molecule has 0 spiro atoms. The van der Waals surface area contributed by atoms with Crippen molar-refractivity contribution in [3.05, 3.63) is 119 Å². The van der Waals surface area contributed by atoms with Crippen molar-refractivity contribution >= 4 is 16.7 Å². The monoisotopic (exact) mass is 506 g/mol. The van der Waals surface area contributed by atoms with Crippen LogP contribution in [0.1, 0.15) is 30.1 Å². The zero-order valence-electron chi connectivity index (χ0n) is 21.3. The van der Waals surface area contributed by atoms with Crippen LogP contribution in [0.2, 0.25) is 0 Å². The van der Waals surface area contributed by atoms with Crippen molar-refractivity contribution in [3.8, 4) is 11.6 Å². The number of hydrogen-bond acceptors (Lipinski definition) is 5. The van der Waals surface area contributed by atoms with Gasteiger partial charge < -0.3 is 14.7 Å². The summed E-state index contributed by atoms with van der Waals surface area (Å²) in [5.41, 5.74) is 5.35. The maximum atomic E-state index is 13.3. The Labute approximate surface area is 221 Å². The van der Waals surface area contributed by atoms with Gasteiger partial charge in [0.1, 0.15) is 0 Å². The van der Waals surface area contributed by atoms with Gasteiger partial charge in [0.25, 0.3) is 0 Å². The molecule has 0 atom stereocenters. The van der Waals surface area contributed by atoms with Gasteiger partial charge in [0.2, 0.25) is 5.88 Å². The van der Waals surface area contributed by atoms with E-state index in [2.05, 4.69) is 16.0 Å². The van der Waals surface area contributed by atoms with Crippen LogP contribution >= 0.6 is 0 Å². The molecule has 3 heterocycles. The molecular weight excluding hydrogens is 476 g/mol. The minimum absolute atomic E-state index is 0.131. The number of imidazole rings is 1. The molecule has 7 nitrogen and oxygen atoms in total. The van der Waals surface area contributed by atoms with E-state index in [0.717, 1.165) is 53.8 Å². The second-order valence-corrected chi connectivity index (χ2v) is 9.74. The van der Waals surface area contributed by atoms with E-state index < -0.39 is 0 Å². The number of pyridine rings is 1. The van der Waals surface area contributed by atoms with Crippen LogP contribution in [-0.2, 0) is 7.05 Å². The molecule has 5 aromatic rings. The van der Waals surface area contributed by atoms with Crippen molar-refractivity contribution in [1.82, 2.24) is 14.1 Å². The molecule has 6 rings (SSSR count). The van der Waals surface area contributed by atoms with Gasteiger partial charge in [-0.25, -0.2) is 9.78 Å². The van der Waals surface area contributed by atoms with Crippen LogP contribution in [0.4, 0.5) is 5.69 Å². The van der Waals surface area contributed by atoms with Gasteiger partial charge in [0, 0.05) is 31.9 Å². The fraction of sp³-hybridized carbons (Fsp3) is 0.226. The van der Waals surface area contributed by atoms with Crippen molar-refractivity contribution in [2.45, 2.75) is 25.0 Å². The van der Waals surface area contributed by atoms with Gasteiger partial charge in [-0.15, -0.1) is 0 Å². The summed E-state index contributed by atoms with van der Waals surface area (Å²) in [4.78, 5) is 20.1. The Morgan fingerprint density at radius 3 is 2.08 bits per heavy atom. The third-order valence-corrected chi connectivity index (χ3v) is 7.29. The Kier molecular flexibility index (Phi) is 6.43. The first kappa shape index (κ1) is 24.0. The van der Waals surface area contributed by atoms with Crippen LogP contribution in [0, 0.1) is 0 Å². The Morgan fingerprint density at radius 2 is 1.47 bits per heavy atom. The number of benzene rings is 3. The average Bonchev–Trinajstić information content (AvgIpc) is 3.22. The lowest BCUT2D eigenvalue weighted by Gasteiger charge is -2.31. The van der Waals surface area contributed by atoms with Gasteiger partial charge in [0.05, 0.1) is 29.0 Å². The van der Waals surface area contributed by atoms with Gasteiger partial charge in [-0.1, -0.05) is 60.7 Å². The van der Waals surface area contributed by atoms with E-state index in [4.69, 9.17) is 4.74 Å². The van der Waals surface area contributed by atoms with Crippen molar-refractivity contribution in [2.75, 3.05) is 18.0 Å². The largest absolute Gasteiger partial charge is 0.465 e. The smallest absolute Gasteiger partial charge is 0.333 e. The molecule has 1 fully saturated rings. The Bertz CT molecular complexity index is 1550. The van der Waals surface area contributed by atoms with Crippen molar-refractivity contribution in [2.24, 2.45) is 7.05 Å². The van der Waals surface area contributed by atoms with E-state index in [9.17, 15) is 9.90 Å². The Morgan fingerprint density at radius 1 is 0.842 bits per heavy atom. The minimum atomic E-state index is -0.301. The summed E-state index contributed by atoms with van der Waals surface area (Å²) in [6.07, 6.45) is 2.67. The van der Waals surface area contributed by atoms with E-state index in [0.29, 0.717) is 11.6 Å². The molecule has 38 heavy (non-hydrogen) atoms. The lowest BCUT2D eigenvalue weighted by atomic mass is 10.0. The van der Waals surface area contributed by atoms with Crippen molar-refractivity contribution < 1.29 is 9.84 Å². The molecule has 1 N–H and O–H groups in total. The number of anilines is 1. The summed E-state index contributed by atoms with van der Waals surface area (Å²) in [5, 5.41) is 9.85. The summed E-state index contributed by atoms with van der Waals surface area (Å²) in [6, 6.07) is 29.9. The second-order valence-electron chi connectivity index (χ2n) is 9.74. The van der Waals surface area contributed by atoms with Crippen molar-refractivity contribution in [1.29, 1.82) is 0 Å². The number of aliphatic hydroxyl groups is 1. The highest BCUT2D eigenvalue weighted by molar-refractivity contribution is 5.82. The molecule has 0 saturated carbocycles. The van der Waals surface area contributed by atoms with Gasteiger partial charge in [-0.2, -0.15) is 0 Å². The lowest BCUT2D eigenvalue weighted by Crippen LogP contribution is -2.35. The predicted molar refractivity (Wildman–Crippen MR) is 149 cm³/mol. The molecule has 3 aromatic carbocycles. The van der Waals surface area contributed by atoms with Crippen LogP contribution in [-0.4, -0.2) is 38.4 Å². The normalized spacial score (nSPS) is 14.3. The maximum Gasteiger partial charge on any atom is 0.333 e. The minimum Gasteiger partial charge on any atom is -0.465 e. The first-order valence-corrected chi connectivity index (χ1v) is 13.0. The van der Waals surface area contributed by atoms with Crippen LogP contribution in [0.15, 0.2) is 102 Å². The molecule has 1 saturated heterocycles. The highest BCUT2D eigenvalue weighted by atomic mass is 16.5. The molecule has 7 heteroatoms. The topological polar surface area (TPSA) is 72.5 Å². The number of rotatable bonds is 6. The van der Waals surface area contributed by atoms with E-state index >= 15 is 0 Å². The SMILES string of the molecule is Cn1c(=O)n(-c2ccc(OC(c3ccccc3)c3ccccc3)nc2)c2ccc(N3CCC(O)CC3)cc21. The first-order chi connectivity index (χ1) is 18.6. The van der Waals surface area contributed by atoms with Crippen LogP contribution in [0.5, 0.6) is 5.88 Å². The highest BCUT2D eigenvalue weighted by Gasteiger charge is 2.20. The summed E-state index contributed by atoms with van der Waals surface area (Å²) >= 11 is 0. The second kappa shape index (κ2) is 10.2. The van der Waals surface area contributed by atoms with E-state index in [-0.39, 0.29) is 17.9 Å². The molecule has 0 amide bonds. The number of hydrogen-bond donors (Lipinski definition) is 1. The molecule has 192 valence electrons. The molecule has 0 unspecified atom stereocenters. The average molecular weight is 507 g/mol. The Balaban J connectivity index is 1.30. The standard InChI is InChI=1S/C31H30N4O3/c1-33-28-20-24(34-18-16-26(36)17-19-34)12-14-27(28)35(31(33)37)25-13-15-29(32-21-25)38-30(22-8-4-2-5-9-22)23-10-6-3-7-11-23/h2-15,20-21,26,30,36H,16-19H2,1H3. The van der Waals surface area contributed by atoms with E-state index in [1.807, 2.05) is 84.9 Å². The number of ether oxygens (including phenoxy) is 1. The lowest BCUT2D eigenvalue weighted by molar-refractivity contribution is 0.145. The number of fused-ring (bicyclic) bond motifs is 1. The first-order valence-electron chi connectivity index (χ1n) is 13.0. The van der Waals surface area contributed by atoms with Crippen LogP contribution in [0.3, 0.4) is 0 Å². The molecule has 1 aliphatic heterocycles. The summed E-state index contributed by atoms with van der Waals surface area (Å²) in [7, 11) is 1.79. The third-order valence-electron chi connectivity index (χ3n) is 7.29. The van der Waals surface area contributed by atoms with Crippen molar-refractivity contribution in [3.63, 3.8) is 0 Å². The van der Waals surface area contributed by atoms with Gasteiger partial charge in [-0.3, -0.25) is 9.13 Å². The van der Waals surface area contributed by atoms with Gasteiger partial charge in [-0.05, 0) is 48.2 Å². The zero-order valence-corrected chi connectivity index (χ0v) is 21.3. The quantitative estimate of drug-likeness (QED) is 0.356. The zero-order chi connectivity index (χ0) is 26.1. The third kappa shape index (κ3) is 4.57. The van der Waals surface area contributed by atoms with Gasteiger partial charge in [0.15, 0.2) is 6.10 Å². The van der Waals surface area contributed by atoms with E-state index in [1.165, 1.54) is 0 Å². The fourth-order valence-electron chi connectivity index (χ4n) is 5.18. The maximum absolute atomic E-state index is 13.3. The molecule has 1 aliphatic rings. The molecule has 2 aromatic heterocycles. The number of nitrogens with zero attached hydrogens (tertiary/aromatic N) is 4. The Hall–Kier alpha value is -4.36. The summed E-state index contributed by atoms with van der Waals surface area (Å²) < 4.78 is 9.72. The van der Waals surface area contributed by atoms with E-state index in [1.54, 1.807) is 22.4 Å². The number of aromatic nitrogens is 3. The van der Waals surface area contributed by atoms with Crippen LogP contribution < -0.4 is 15.3 Å². The predicted octanol–water partition coefficient (Wildman–Crippen LogP) is 4.85. The molecule has 0 aliphatic carbocycles. The number of aliphatic hydroxyl groups excluding tert-OH is 1. The molecule has 0 bridgehead atoms. The molecule has 0 radical (unpaired) electrons. The summed E-state index contributed by atoms with van der Waals surface area (Å²) in [6.45, 7) is 1.61.